The van der Waals surface area contributed by atoms with E-state index in [0.29, 0.717) is 16.6 Å². The van der Waals surface area contributed by atoms with Gasteiger partial charge in [-0.15, -0.1) is 0 Å². The van der Waals surface area contributed by atoms with E-state index < -0.39 is 0 Å². The summed E-state index contributed by atoms with van der Waals surface area (Å²) in [5.74, 6) is 0. The molecule has 2 fully saturated rings. The maximum absolute atomic E-state index is 10.4. The summed E-state index contributed by atoms with van der Waals surface area (Å²) in [5, 5.41) is 15.1. The third-order valence-electron chi connectivity index (χ3n) is 4.80. The van der Waals surface area contributed by atoms with E-state index >= 15 is 0 Å². The van der Waals surface area contributed by atoms with Crippen molar-refractivity contribution in [1.29, 1.82) is 0 Å². The van der Waals surface area contributed by atoms with Crippen LogP contribution in [0.2, 0.25) is 10.0 Å². The van der Waals surface area contributed by atoms with Crippen molar-refractivity contribution >= 4 is 23.2 Å². The molecule has 1 spiro atoms. The number of nitrogens with one attached hydrogen (secondary N) is 1. The Hall–Kier alpha value is -0.390. The van der Waals surface area contributed by atoms with Crippen molar-refractivity contribution < 1.29 is 5.11 Å². The van der Waals surface area contributed by atoms with Crippen LogP contribution in [0.5, 0.6) is 0 Å². The van der Waals surface area contributed by atoms with E-state index in [1.807, 2.05) is 0 Å². The molecule has 2 N–H and O–H groups in total. The molecule has 1 aromatic rings. The van der Waals surface area contributed by atoms with Gasteiger partial charge in [-0.25, -0.2) is 0 Å². The molecule has 0 aromatic carbocycles. The zero-order chi connectivity index (χ0) is 14.9. The lowest BCUT2D eigenvalue weighted by Crippen LogP contribution is -2.57. The maximum Gasteiger partial charge on any atom is 0.0649 e. The van der Waals surface area contributed by atoms with Crippen LogP contribution >= 0.6 is 23.2 Å². The third-order valence-corrected chi connectivity index (χ3v) is 5.45. The molecule has 0 bridgehead atoms. The first-order valence-corrected chi connectivity index (χ1v) is 8.25. The van der Waals surface area contributed by atoms with Crippen molar-refractivity contribution in [2.75, 3.05) is 26.2 Å². The zero-order valence-corrected chi connectivity index (χ0v) is 13.5. The first kappa shape index (κ1) is 15.5. The lowest BCUT2D eigenvalue weighted by atomic mass is 9.72. The molecule has 21 heavy (non-hydrogen) atoms. The van der Waals surface area contributed by atoms with Crippen LogP contribution in [0.1, 0.15) is 24.8 Å². The fourth-order valence-electron chi connectivity index (χ4n) is 3.62. The first-order valence-electron chi connectivity index (χ1n) is 7.50. The van der Waals surface area contributed by atoms with Gasteiger partial charge < -0.3 is 10.4 Å². The first-order chi connectivity index (χ1) is 10.1. The Morgan fingerprint density at radius 2 is 2.14 bits per heavy atom. The zero-order valence-electron chi connectivity index (χ0n) is 12.0. The molecule has 4 nitrogen and oxygen atoms in total. The van der Waals surface area contributed by atoms with Crippen LogP contribution in [0.4, 0.5) is 0 Å². The molecule has 6 heteroatoms. The number of pyridine rings is 1. The molecule has 116 valence electrons. The van der Waals surface area contributed by atoms with Gasteiger partial charge in [-0.3, -0.25) is 9.88 Å². The third kappa shape index (κ3) is 3.20. The van der Waals surface area contributed by atoms with Gasteiger partial charge in [0.1, 0.15) is 0 Å². The van der Waals surface area contributed by atoms with Gasteiger partial charge >= 0.3 is 0 Å². The SMILES string of the molecule is O[C@H]1CCNC[C@]12CCCN(Cc1c(Cl)cncc1Cl)C2. The molecule has 0 aliphatic carbocycles. The quantitative estimate of drug-likeness (QED) is 0.874. The van der Waals surface area contributed by atoms with Gasteiger partial charge in [0, 0.05) is 43.0 Å². The van der Waals surface area contributed by atoms with E-state index in [1.165, 1.54) is 0 Å². The number of halogens is 2. The fraction of sp³-hybridized carbons (Fsp3) is 0.667. The van der Waals surface area contributed by atoms with Gasteiger partial charge in [-0.05, 0) is 32.4 Å². The minimum Gasteiger partial charge on any atom is -0.392 e. The summed E-state index contributed by atoms with van der Waals surface area (Å²) in [4.78, 5) is 6.35. The summed E-state index contributed by atoms with van der Waals surface area (Å²) in [6, 6.07) is 0. The van der Waals surface area contributed by atoms with Gasteiger partial charge in [-0.2, -0.15) is 0 Å². The van der Waals surface area contributed by atoms with Crippen molar-refractivity contribution in [1.82, 2.24) is 15.2 Å². The van der Waals surface area contributed by atoms with Gasteiger partial charge in [0.15, 0.2) is 0 Å². The highest BCUT2D eigenvalue weighted by molar-refractivity contribution is 6.35. The number of rotatable bonds is 2. The van der Waals surface area contributed by atoms with Gasteiger partial charge in [0.25, 0.3) is 0 Å². The van der Waals surface area contributed by atoms with E-state index in [-0.39, 0.29) is 11.5 Å². The van der Waals surface area contributed by atoms with E-state index in [4.69, 9.17) is 23.2 Å². The average Bonchev–Trinajstić information content (AvgIpc) is 2.47. The Kier molecular flexibility index (Phi) is 4.71. The summed E-state index contributed by atoms with van der Waals surface area (Å²) in [6.07, 6.45) is 6.07. The number of nitrogens with zero attached hydrogens (tertiary/aromatic N) is 2. The lowest BCUT2D eigenvalue weighted by molar-refractivity contribution is -0.0514. The molecule has 2 atom stereocenters. The molecular weight excluding hydrogens is 309 g/mol. The monoisotopic (exact) mass is 329 g/mol. The van der Waals surface area contributed by atoms with E-state index in [1.54, 1.807) is 12.4 Å². The lowest BCUT2D eigenvalue weighted by Gasteiger charge is -2.48. The summed E-state index contributed by atoms with van der Waals surface area (Å²) < 4.78 is 0. The van der Waals surface area contributed by atoms with Crippen LogP contribution in [0.15, 0.2) is 12.4 Å². The van der Waals surface area contributed by atoms with Gasteiger partial charge in [0.2, 0.25) is 0 Å². The second-order valence-corrected chi connectivity index (χ2v) is 7.05. The average molecular weight is 330 g/mol. The molecule has 2 aliphatic heterocycles. The number of aliphatic hydroxyl groups is 1. The van der Waals surface area contributed by atoms with Crippen molar-refractivity contribution in [2.24, 2.45) is 5.41 Å². The molecule has 0 unspecified atom stereocenters. The van der Waals surface area contributed by atoms with Crippen molar-refractivity contribution in [3.63, 3.8) is 0 Å². The Morgan fingerprint density at radius 1 is 1.38 bits per heavy atom. The predicted octanol–water partition coefficient (Wildman–Crippen LogP) is 2.32. The number of aromatic nitrogens is 1. The van der Waals surface area contributed by atoms with E-state index in [2.05, 4.69) is 15.2 Å². The second kappa shape index (κ2) is 6.39. The number of likely N-dealkylation sites (tertiary alicyclic amines) is 1. The summed E-state index contributed by atoms with van der Waals surface area (Å²) in [6.45, 7) is 4.42. The molecule has 3 rings (SSSR count). The van der Waals surface area contributed by atoms with Gasteiger partial charge in [0.05, 0.1) is 16.1 Å². The Morgan fingerprint density at radius 3 is 2.86 bits per heavy atom. The number of hydrogen-bond donors (Lipinski definition) is 2. The second-order valence-electron chi connectivity index (χ2n) is 6.24. The molecule has 0 radical (unpaired) electrons. The number of hydrogen-bond acceptors (Lipinski definition) is 4. The fourth-order valence-corrected chi connectivity index (χ4v) is 4.11. The van der Waals surface area contributed by atoms with Crippen LogP contribution in [-0.4, -0.2) is 47.3 Å². The Balaban J connectivity index is 1.74. The standard InChI is InChI=1S/C15H21Cl2N3O/c16-12-6-19-7-13(17)11(12)8-20-5-1-3-15(10-20)9-18-4-2-14(15)21/h6-7,14,18,21H,1-5,8-10H2/t14-,15-/m0/s1. The highest BCUT2D eigenvalue weighted by Gasteiger charge is 2.43. The smallest absolute Gasteiger partial charge is 0.0649 e. The Labute approximate surface area is 135 Å². The molecule has 2 aliphatic rings. The van der Waals surface area contributed by atoms with Crippen LogP contribution in [-0.2, 0) is 6.54 Å². The van der Waals surface area contributed by atoms with Crippen LogP contribution in [0, 0.1) is 5.41 Å². The van der Waals surface area contributed by atoms with Gasteiger partial charge in [-0.1, -0.05) is 23.2 Å². The molecule has 3 heterocycles. The topological polar surface area (TPSA) is 48.4 Å². The minimum absolute atomic E-state index is 0.0253. The van der Waals surface area contributed by atoms with Crippen LogP contribution in [0.3, 0.4) is 0 Å². The largest absolute Gasteiger partial charge is 0.392 e. The van der Waals surface area contributed by atoms with E-state index in [0.717, 1.165) is 51.0 Å². The van der Waals surface area contributed by atoms with Crippen molar-refractivity contribution in [3.05, 3.63) is 28.0 Å². The normalized spacial score (nSPS) is 30.7. The molecular formula is C15H21Cl2N3O. The van der Waals surface area contributed by atoms with E-state index in [9.17, 15) is 5.11 Å². The van der Waals surface area contributed by atoms with Crippen molar-refractivity contribution in [3.8, 4) is 0 Å². The molecule has 2 saturated heterocycles. The summed E-state index contributed by atoms with van der Waals surface area (Å²) >= 11 is 12.4. The molecule has 1 aromatic heterocycles. The summed E-state index contributed by atoms with van der Waals surface area (Å²) in [7, 11) is 0. The molecule has 0 saturated carbocycles. The maximum atomic E-state index is 10.4. The highest BCUT2D eigenvalue weighted by Crippen LogP contribution is 2.37. The highest BCUT2D eigenvalue weighted by atomic mass is 35.5. The van der Waals surface area contributed by atoms with Crippen molar-refractivity contribution in [2.45, 2.75) is 31.9 Å². The van der Waals surface area contributed by atoms with Crippen LogP contribution < -0.4 is 5.32 Å². The van der Waals surface area contributed by atoms with Crippen LogP contribution in [0.25, 0.3) is 0 Å². The predicted molar refractivity (Wildman–Crippen MR) is 84.7 cm³/mol. The summed E-state index contributed by atoms with van der Waals surface area (Å²) in [5.41, 5.74) is 0.909. The number of aliphatic hydroxyl groups excluding tert-OH is 1. The Bertz CT molecular complexity index is 489. The molecule has 0 amide bonds. The number of piperidine rings is 2. The minimum atomic E-state index is -0.218.